The summed E-state index contributed by atoms with van der Waals surface area (Å²) in [6.45, 7) is 1.87. The fourth-order valence-electron chi connectivity index (χ4n) is 5.92. The third-order valence-corrected chi connectivity index (χ3v) is 9.55. The van der Waals surface area contributed by atoms with Crippen molar-refractivity contribution in [2.75, 3.05) is 23.8 Å². The minimum absolute atomic E-state index is 0.116. The topological polar surface area (TPSA) is 146 Å². The lowest BCUT2D eigenvalue weighted by atomic mass is 9.93. The molecule has 4 heterocycles. The van der Waals surface area contributed by atoms with Gasteiger partial charge in [-0.25, -0.2) is 27.5 Å². The molecular formula is C31H28FN7O4S2. The van der Waals surface area contributed by atoms with Crippen LogP contribution < -0.4 is 20.8 Å². The number of nitrogens with two attached hydrogens (primary N) is 1. The van der Waals surface area contributed by atoms with Gasteiger partial charge in [0.1, 0.15) is 34.2 Å². The van der Waals surface area contributed by atoms with E-state index in [1.165, 1.54) is 36.9 Å². The summed E-state index contributed by atoms with van der Waals surface area (Å²) >= 11 is 1.46. The maximum absolute atomic E-state index is 14.6. The third-order valence-electron chi connectivity index (χ3n) is 7.96. The molecule has 4 aromatic heterocycles. The first-order valence-electron chi connectivity index (χ1n) is 14.1. The molecule has 0 amide bonds. The van der Waals surface area contributed by atoms with Crippen LogP contribution in [-0.4, -0.2) is 45.9 Å². The number of aromatic nitrogens is 5. The summed E-state index contributed by atoms with van der Waals surface area (Å²) in [6.07, 6.45) is 4.19. The molecule has 230 valence electrons. The Morgan fingerprint density at radius 3 is 2.64 bits per heavy atom. The lowest BCUT2D eigenvalue weighted by molar-refractivity contribution is 0.417. The molecule has 1 unspecified atom stereocenters. The van der Waals surface area contributed by atoms with Gasteiger partial charge in [-0.2, -0.15) is 5.10 Å². The number of pyridine rings is 1. The number of benzene rings is 2. The summed E-state index contributed by atoms with van der Waals surface area (Å²) in [5, 5.41) is 7.46. The number of hydrogen-bond acceptors (Lipinski definition) is 9. The predicted octanol–water partition coefficient (Wildman–Crippen LogP) is 5.24. The highest BCUT2D eigenvalue weighted by Gasteiger charge is 2.39. The Morgan fingerprint density at radius 1 is 1.13 bits per heavy atom. The van der Waals surface area contributed by atoms with Crippen LogP contribution in [0.4, 0.5) is 15.9 Å². The van der Waals surface area contributed by atoms with Crippen LogP contribution in [0.2, 0.25) is 0 Å². The Morgan fingerprint density at radius 2 is 1.93 bits per heavy atom. The van der Waals surface area contributed by atoms with E-state index < -0.39 is 21.9 Å². The molecule has 0 spiro atoms. The van der Waals surface area contributed by atoms with Crippen molar-refractivity contribution in [3.05, 3.63) is 87.7 Å². The highest BCUT2D eigenvalue weighted by molar-refractivity contribution is 7.92. The second-order valence-corrected chi connectivity index (χ2v) is 13.8. The number of hydrogen-bond donors (Lipinski definition) is 2. The highest BCUT2D eigenvalue weighted by atomic mass is 32.2. The molecule has 1 atom stereocenters. The Labute approximate surface area is 261 Å². The van der Waals surface area contributed by atoms with Gasteiger partial charge < -0.3 is 10.5 Å². The first kappa shape index (κ1) is 28.9. The Hall–Kier alpha value is -4.82. The minimum atomic E-state index is -3.62. The molecule has 1 aliphatic carbocycles. The summed E-state index contributed by atoms with van der Waals surface area (Å²) in [7, 11) is -2.18. The van der Waals surface area contributed by atoms with Gasteiger partial charge in [-0.3, -0.25) is 13.9 Å². The summed E-state index contributed by atoms with van der Waals surface area (Å²) < 4.78 is 50.1. The highest BCUT2D eigenvalue weighted by Crippen LogP contribution is 2.48. The van der Waals surface area contributed by atoms with Gasteiger partial charge in [-0.15, -0.1) is 11.3 Å². The monoisotopic (exact) mass is 645 g/mol. The normalized spacial score (nSPS) is 14.2. The minimum Gasteiger partial charge on any atom is -0.495 e. The molecule has 2 aromatic carbocycles. The van der Waals surface area contributed by atoms with Crippen molar-refractivity contribution >= 4 is 48.7 Å². The maximum Gasteiger partial charge on any atom is 0.264 e. The van der Waals surface area contributed by atoms with Gasteiger partial charge in [0, 0.05) is 16.6 Å². The van der Waals surface area contributed by atoms with E-state index in [0.29, 0.717) is 44.7 Å². The lowest BCUT2D eigenvalue weighted by Crippen LogP contribution is -2.23. The average molecular weight is 646 g/mol. The van der Waals surface area contributed by atoms with E-state index in [1.807, 2.05) is 18.4 Å². The maximum atomic E-state index is 14.6. The summed E-state index contributed by atoms with van der Waals surface area (Å²) in [5.41, 5.74) is 10.2. The van der Waals surface area contributed by atoms with Crippen molar-refractivity contribution in [1.82, 2.24) is 24.1 Å². The number of anilines is 2. The third kappa shape index (κ3) is 5.09. The van der Waals surface area contributed by atoms with Gasteiger partial charge in [-0.05, 0) is 73.2 Å². The number of sulfonamides is 1. The number of ether oxygens (including phenoxy) is 1. The van der Waals surface area contributed by atoms with Crippen molar-refractivity contribution in [3.8, 4) is 28.1 Å². The van der Waals surface area contributed by atoms with Crippen molar-refractivity contribution < 1.29 is 17.5 Å². The molecule has 7 rings (SSSR count). The number of nitrogens with zero attached hydrogens (tertiary/aromatic N) is 5. The van der Waals surface area contributed by atoms with Crippen LogP contribution in [-0.2, 0) is 10.0 Å². The molecule has 1 saturated carbocycles. The van der Waals surface area contributed by atoms with Crippen LogP contribution in [0, 0.1) is 18.7 Å². The van der Waals surface area contributed by atoms with Gasteiger partial charge >= 0.3 is 0 Å². The molecule has 0 aliphatic heterocycles. The number of halogens is 1. The van der Waals surface area contributed by atoms with Gasteiger partial charge in [0.05, 0.1) is 36.0 Å². The molecule has 45 heavy (non-hydrogen) atoms. The van der Waals surface area contributed by atoms with Crippen molar-refractivity contribution in [3.63, 3.8) is 0 Å². The van der Waals surface area contributed by atoms with Crippen molar-refractivity contribution in [2.45, 2.75) is 25.8 Å². The van der Waals surface area contributed by atoms with Crippen molar-refractivity contribution in [2.24, 2.45) is 5.92 Å². The first-order chi connectivity index (χ1) is 21.5. The van der Waals surface area contributed by atoms with E-state index in [9.17, 15) is 17.6 Å². The largest absolute Gasteiger partial charge is 0.495 e. The zero-order chi connectivity index (χ0) is 31.6. The fraction of sp³-hybridized carbons (Fsp3) is 0.226. The molecule has 0 bridgehead atoms. The number of rotatable bonds is 8. The molecule has 3 N–H and O–H groups in total. The van der Waals surface area contributed by atoms with Gasteiger partial charge in [-0.1, -0.05) is 12.1 Å². The number of fused-ring (bicyclic) bond motifs is 2. The Bertz CT molecular complexity index is 2310. The van der Waals surface area contributed by atoms with E-state index in [4.69, 9.17) is 15.6 Å². The Balaban J connectivity index is 1.51. The first-order valence-corrected chi connectivity index (χ1v) is 16.9. The van der Waals surface area contributed by atoms with Crippen LogP contribution in [0.3, 0.4) is 0 Å². The Kier molecular flexibility index (Phi) is 6.85. The zero-order valence-electron chi connectivity index (χ0n) is 24.5. The second kappa shape index (κ2) is 10.7. The van der Waals surface area contributed by atoms with Crippen LogP contribution in [0.5, 0.6) is 5.75 Å². The van der Waals surface area contributed by atoms with Crippen molar-refractivity contribution in [1.29, 1.82) is 0 Å². The van der Waals surface area contributed by atoms with Gasteiger partial charge in [0.25, 0.3) is 5.56 Å². The number of nitrogen functional groups attached to an aromatic ring is 1. The quantitative estimate of drug-likeness (QED) is 0.228. The van der Waals surface area contributed by atoms with E-state index in [0.717, 1.165) is 29.6 Å². The van der Waals surface area contributed by atoms with E-state index in [2.05, 4.69) is 14.7 Å². The van der Waals surface area contributed by atoms with Crippen LogP contribution in [0.1, 0.15) is 30.1 Å². The number of thiazole rings is 1. The molecule has 0 saturated heterocycles. The van der Waals surface area contributed by atoms with Crippen LogP contribution in [0.15, 0.2) is 65.0 Å². The summed E-state index contributed by atoms with van der Waals surface area (Å²) in [4.78, 5) is 23.8. The van der Waals surface area contributed by atoms with Crippen LogP contribution in [0.25, 0.3) is 38.2 Å². The molecule has 11 nitrogen and oxygen atoms in total. The number of nitrogens with one attached hydrogen (secondary N) is 1. The molecule has 1 aliphatic rings. The molecule has 1 fully saturated rings. The molecule has 6 aromatic rings. The van der Waals surface area contributed by atoms with Gasteiger partial charge in [0.15, 0.2) is 5.65 Å². The smallest absolute Gasteiger partial charge is 0.264 e. The molecular weight excluding hydrogens is 618 g/mol. The SMILES string of the molecule is COc1ccc(-c2nn(C(c3cc4scc(C)n4c(=O)c3-c3cccc(F)c3)C3CC3)c3ncnc(N)c23)cc1NS(C)(=O)=O. The van der Waals surface area contributed by atoms with Gasteiger partial charge in [0.2, 0.25) is 10.0 Å². The average Bonchev–Trinajstić information content (AvgIpc) is 3.64. The standard InChI is InChI=1S/C31H28FN7O4S2/c1-16-14-44-24-13-21(25(31(40)38(16)24)18-5-4-6-20(32)11-18)28(17-7-8-17)39-30-26(29(33)34-15-35-30)27(36-39)19-9-10-23(43-2)22(12-19)37-45(3,41)42/h4-6,9-15,17,28,37H,7-8H2,1-3H3,(H2,33,34,35). The van der Waals surface area contributed by atoms with Crippen LogP contribution >= 0.6 is 11.3 Å². The number of aryl methyl sites for hydroxylation is 1. The van der Waals surface area contributed by atoms with E-state index in [-0.39, 0.29) is 23.0 Å². The van der Waals surface area contributed by atoms with E-state index >= 15 is 0 Å². The number of methoxy groups -OCH3 is 1. The van der Waals surface area contributed by atoms with E-state index in [1.54, 1.807) is 39.4 Å². The lowest BCUT2D eigenvalue weighted by Gasteiger charge is -2.22. The second-order valence-electron chi connectivity index (χ2n) is 11.2. The predicted molar refractivity (Wildman–Crippen MR) is 173 cm³/mol. The zero-order valence-corrected chi connectivity index (χ0v) is 26.1. The molecule has 14 heteroatoms. The summed E-state index contributed by atoms with van der Waals surface area (Å²) in [6, 6.07) is 12.6. The summed E-state index contributed by atoms with van der Waals surface area (Å²) in [5.74, 6) is 0.191. The fourth-order valence-corrected chi connectivity index (χ4v) is 7.40. The molecule has 0 radical (unpaired) electrons.